The Morgan fingerprint density at radius 3 is 2.52 bits per heavy atom. The maximum Gasteiger partial charge on any atom is 0.326 e. The molecule has 4 nitrogen and oxygen atoms in total. The van der Waals surface area contributed by atoms with E-state index in [2.05, 4.69) is 22.6 Å². The van der Waals surface area contributed by atoms with E-state index >= 15 is 0 Å². The highest BCUT2D eigenvalue weighted by atomic mass is 32.1. The van der Waals surface area contributed by atoms with Gasteiger partial charge in [-0.15, -0.1) is 12.6 Å². The van der Waals surface area contributed by atoms with Crippen molar-refractivity contribution in [3.05, 3.63) is 83.4 Å². The van der Waals surface area contributed by atoms with Crippen molar-refractivity contribution in [3.63, 3.8) is 0 Å². The third kappa shape index (κ3) is 2.33. The predicted octanol–water partition coefficient (Wildman–Crippen LogP) is 3.43. The number of nitrogens with one attached hydrogen (secondary N) is 1. The van der Waals surface area contributed by atoms with E-state index in [1.165, 1.54) is 0 Å². The molecule has 1 unspecified atom stereocenters. The number of hydrogen-bond acceptors (Lipinski definition) is 3. The largest absolute Gasteiger partial charge is 0.480 e. The second-order valence-corrected chi connectivity index (χ2v) is 5.79. The lowest BCUT2D eigenvalue weighted by atomic mass is 9.72. The molecule has 2 aromatic carbocycles. The van der Waals surface area contributed by atoms with Crippen LogP contribution in [0.25, 0.3) is 0 Å². The van der Waals surface area contributed by atoms with Gasteiger partial charge in [0.1, 0.15) is 5.82 Å². The summed E-state index contributed by atoms with van der Waals surface area (Å²) in [5.41, 5.74) is 0.703. The number of imidazole rings is 1. The third-order valence-corrected chi connectivity index (χ3v) is 4.57. The van der Waals surface area contributed by atoms with Gasteiger partial charge in [-0.3, -0.25) is 4.79 Å². The van der Waals surface area contributed by atoms with Crippen molar-refractivity contribution in [2.24, 2.45) is 0 Å². The number of carboxylic acids is 1. The van der Waals surface area contributed by atoms with Crippen molar-refractivity contribution in [3.8, 4) is 0 Å². The molecule has 0 saturated heterocycles. The Hall–Kier alpha value is -2.53. The second kappa shape index (κ2) is 5.93. The van der Waals surface area contributed by atoms with Crippen LogP contribution >= 0.6 is 12.6 Å². The molecule has 0 spiro atoms. The van der Waals surface area contributed by atoms with Gasteiger partial charge in [0.25, 0.3) is 0 Å². The number of hydrogen-bond donors (Lipinski definition) is 3. The molecule has 0 aliphatic carbocycles. The standard InChI is InChI=1S/C18H16N2O2S/c1-12-14(8-5-9-15(12)23)18(17(21)22,16-19-10-11-20-16)13-6-3-2-4-7-13/h2-11,23H,1H3,(H,19,20)(H,21,22). The van der Waals surface area contributed by atoms with Crippen molar-refractivity contribution in [1.82, 2.24) is 9.97 Å². The zero-order valence-corrected chi connectivity index (χ0v) is 13.4. The number of nitrogens with zero attached hydrogens (tertiary/aromatic N) is 1. The smallest absolute Gasteiger partial charge is 0.326 e. The molecule has 1 heterocycles. The van der Waals surface area contributed by atoms with E-state index in [1.54, 1.807) is 24.5 Å². The first-order valence-electron chi connectivity index (χ1n) is 7.16. The van der Waals surface area contributed by atoms with E-state index in [-0.39, 0.29) is 0 Å². The Labute approximate surface area is 139 Å². The summed E-state index contributed by atoms with van der Waals surface area (Å²) in [6, 6.07) is 14.6. The van der Waals surface area contributed by atoms with E-state index < -0.39 is 11.4 Å². The van der Waals surface area contributed by atoms with E-state index in [0.29, 0.717) is 17.0 Å². The highest BCUT2D eigenvalue weighted by molar-refractivity contribution is 7.80. The normalized spacial score (nSPS) is 13.5. The predicted molar refractivity (Wildman–Crippen MR) is 91.0 cm³/mol. The van der Waals surface area contributed by atoms with E-state index in [1.807, 2.05) is 43.3 Å². The lowest BCUT2D eigenvalue weighted by Gasteiger charge is -2.30. The number of carbonyl (C=O) groups is 1. The Morgan fingerprint density at radius 1 is 1.17 bits per heavy atom. The average Bonchev–Trinajstić information content (AvgIpc) is 3.07. The summed E-state index contributed by atoms with van der Waals surface area (Å²) >= 11 is 4.45. The molecule has 0 saturated carbocycles. The first-order valence-corrected chi connectivity index (χ1v) is 7.61. The van der Waals surface area contributed by atoms with Crippen LogP contribution in [0, 0.1) is 6.92 Å². The molecule has 5 heteroatoms. The van der Waals surface area contributed by atoms with Gasteiger partial charge in [-0.1, -0.05) is 42.5 Å². The number of thiol groups is 1. The SMILES string of the molecule is Cc1c(S)cccc1C(C(=O)O)(c1ccccc1)c1ncc[nH]1. The molecule has 3 aromatic rings. The van der Waals surface area contributed by atoms with Gasteiger partial charge in [0.2, 0.25) is 0 Å². The van der Waals surface area contributed by atoms with E-state index in [0.717, 1.165) is 10.5 Å². The van der Waals surface area contributed by atoms with Gasteiger partial charge in [0, 0.05) is 17.3 Å². The van der Waals surface area contributed by atoms with Gasteiger partial charge >= 0.3 is 5.97 Å². The summed E-state index contributed by atoms with van der Waals surface area (Å²) in [5.74, 6) is -0.612. The number of benzene rings is 2. The van der Waals surface area contributed by atoms with Crippen LogP contribution in [0.2, 0.25) is 0 Å². The summed E-state index contributed by atoms with van der Waals surface area (Å²) < 4.78 is 0. The molecule has 0 amide bonds. The average molecular weight is 324 g/mol. The topological polar surface area (TPSA) is 66.0 Å². The fourth-order valence-electron chi connectivity index (χ4n) is 2.95. The van der Waals surface area contributed by atoms with E-state index in [4.69, 9.17) is 0 Å². The minimum atomic E-state index is -1.41. The van der Waals surface area contributed by atoms with Crippen LogP contribution in [-0.4, -0.2) is 21.0 Å². The Balaban J connectivity index is 2.43. The van der Waals surface area contributed by atoms with Crippen molar-refractivity contribution in [2.45, 2.75) is 17.2 Å². The maximum atomic E-state index is 12.5. The molecule has 1 aromatic heterocycles. The maximum absolute atomic E-state index is 12.5. The van der Waals surface area contributed by atoms with Crippen LogP contribution in [0.4, 0.5) is 0 Å². The van der Waals surface area contributed by atoms with Gasteiger partial charge in [-0.25, -0.2) is 4.98 Å². The van der Waals surface area contributed by atoms with Gasteiger partial charge in [0.15, 0.2) is 5.41 Å². The Morgan fingerprint density at radius 2 is 1.91 bits per heavy atom. The first kappa shape index (κ1) is 15.4. The first-order chi connectivity index (χ1) is 11.1. The molecule has 23 heavy (non-hydrogen) atoms. The van der Waals surface area contributed by atoms with Crippen LogP contribution in [0.1, 0.15) is 22.5 Å². The third-order valence-electron chi connectivity index (χ3n) is 4.09. The van der Waals surface area contributed by atoms with Crippen molar-refractivity contribution < 1.29 is 9.90 Å². The number of aromatic nitrogens is 2. The fourth-order valence-corrected chi connectivity index (χ4v) is 3.15. The van der Waals surface area contributed by atoms with Gasteiger partial charge in [-0.2, -0.15) is 0 Å². The summed E-state index contributed by atoms with van der Waals surface area (Å²) in [7, 11) is 0. The number of aromatic amines is 1. The molecule has 2 N–H and O–H groups in total. The van der Waals surface area contributed by atoms with Crippen LogP contribution in [0.5, 0.6) is 0 Å². The Bertz CT molecular complexity index is 831. The van der Waals surface area contributed by atoms with Gasteiger partial charge in [0.05, 0.1) is 0 Å². The van der Waals surface area contributed by atoms with Crippen LogP contribution in [0.15, 0.2) is 65.8 Å². The second-order valence-electron chi connectivity index (χ2n) is 5.31. The number of aliphatic carboxylic acids is 1. The molecule has 0 aliphatic heterocycles. The van der Waals surface area contributed by atoms with Gasteiger partial charge in [-0.05, 0) is 29.7 Å². The highest BCUT2D eigenvalue weighted by Gasteiger charge is 2.47. The molecule has 0 aliphatic rings. The number of H-pyrrole nitrogens is 1. The molecule has 0 fully saturated rings. The van der Waals surface area contributed by atoms with Crippen LogP contribution in [0.3, 0.4) is 0 Å². The lowest BCUT2D eigenvalue weighted by molar-refractivity contribution is -0.140. The van der Waals surface area contributed by atoms with Crippen LogP contribution in [-0.2, 0) is 10.2 Å². The molecule has 116 valence electrons. The summed E-state index contributed by atoms with van der Waals surface area (Å²) in [5, 5.41) is 10.2. The number of carboxylic acid groups (broad SMARTS) is 1. The zero-order chi connectivity index (χ0) is 16.4. The molecule has 3 rings (SSSR count). The zero-order valence-electron chi connectivity index (χ0n) is 12.5. The van der Waals surface area contributed by atoms with Crippen molar-refractivity contribution in [2.75, 3.05) is 0 Å². The summed E-state index contributed by atoms with van der Waals surface area (Å²) in [4.78, 5) is 20.5. The lowest BCUT2D eigenvalue weighted by Crippen LogP contribution is -2.40. The number of rotatable bonds is 4. The van der Waals surface area contributed by atoms with Gasteiger partial charge < -0.3 is 10.1 Å². The monoisotopic (exact) mass is 324 g/mol. The van der Waals surface area contributed by atoms with Crippen molar-refractivity contribution >= 4 is 18.6 Å². The summed E-state index contributed by atoms with van der Waals surface area (Å²) in [6.45, 7) is 1.88. The minimum Gasteiger partial charge on any atom is -0.480 e. The molecular weight excluding hydrogens is 308 g/mol. The fraction of sp³-hybridized carbons (Fsp3) is 0.111. The molecule has 0 radical (unpaired) electrons. The molecule has 1 atom stereocenters. The minimum absolute atomic E-state index is 0.373. The van der Waals surface area contributed by atoms with Crippen LogP contribution < -0.4 is 0 Å². The molecule has 0 bridgehead atoms. The Kier molecular flexibility index (Phi) is 3.96. The van der Waals surface area contributed by atoms with E-state index in [9.17, 15) is 9.90 Å². The highest BCUT2D eigenvalue weighted by Crippen LogP contribution is 2.40. The quantitative estimate of drug-likeness (QED) is 0.644. The molecular formula is C18H16N2O2S. The summed E-state index contributed by atoms with van der Waals surface area (Å²) in [6.07, 6.45) is 3.20. The van der Waals surface area contributed by atoms with Crippen molar-refractivity contribution in [1.29, 1.82) is 0 Å².